The molecule has 0 aromatic heterocycles. The van der Waals surface area contributed by atoms with Crippen LogP contribution in [0, 0.1) is 32.1 Å². The van der Waals surface area contributed by atoms with Crippen LogP contribution in [-0.4, -0.2) is 6.10 Å². The Hall–Kier alpha value is -1.49. The van der Waals surface area contributed by atoms with Crippen LogP contribution >= 0.6 is 0 Å². The average Bonchev–Trinajstić information content (AvgIpc) is 2.24. The highest BCUT2D eigenvalue weighted by molar-refractivity contribution is 5.42. The second kappa shape index (κ2) is 5.55. The Kier molecular flexibility index (Phi) is 4.37. The van der Waals surface area contributed by atoms with Gasteiger partial charge in [0.05, 0.1) is 12.5 Å². The molecule has 0 bridgehead atoms. The van der Waals surface area contributed by atoms with Crippen molar-refractivity contribution >= 4 is 0 Å². The molecule has 0 radical (unpaired) electrons. The molecule has 0 N–H and O–H groups in total. The molecule has 0 aliphatic rings. The Balaban J connectivity index is 2.92. The van der Waals surface area contributed by atoms with E-state index in [1.807, 2.05) is 13.0 Å². The topological polar surface area (TPSA) is 33.0 Å². The van der Waals surface area contributed by atoms with Crippen LogP contribution in [0.2, 0.25) is 0 Å². The van der Waals surface area contributed by atoms with Crippen LogP contribution in [0.4, 0.5) is 0 Å². The Morgan fingerprint density at radius 1 is 1.31 bits per heavy atom. The number of benzene rings is 1. The zero-order valence-corrected chi connectivity index (χ0v) is 10.5. The summed E-state index contributed by atoms with van der Waals surface area (Å²) in [6.07, 6.45) is 1.31. The van der Waals surface area contributed by atoms with E-state index in [-0.39, 0.29) is 6.10 Å². The van der Waals surface area contributed by atoms with E-state index in [4.69, 9.17) is 10.00 Å². The van der Waals surface area contributed by atoms with Crippen LogP contribution in [0.5, 0.6) is 5.75 Å². The van der Waals surface area contributed by atoms with Crippen molar-refractivity contribution in [2.45, 2.75) is 46.6 Å². The number of rotatable bonds is 4. The highest BCUT2D eigenvalue weighted by Gasteiger charge is 2.10. The van der Waals surface area contributed by atoms with Gasteiger partial charge < -0.3 is 4.74 Å². The first-order valence-corrected chi connectivity index (χ1v) is 5.70. The molecule has 0 heterocycles. The molecule has 0 amide bonds. The predicted octanol–water partition coefficient (Wildman–Crippen LogP) is 3.68. The zero-order valence-electron chi connectivity index (χ0n) is 10.5. The van der Waals surface area contributed by atoms with E-state index in [2.05, 4.69) is 32.9 Å². The van der Waals surface area contributed by atoms with Gasteiger partial charge in [0, 0.05) is 0 Å². The summed E-state index contributed by atoms with van der Waals surface area (Å²) in [4.78, 5) is 0. The SMILES string of the molecule is CCC(CC#N)Oc1cc(C)cc(C)c1C. The third-order valence-electron chi connectivity index (χ3n) is 2.83. The first kappa shape index (κ1) is 12.6. The number of hydrogen-bond donors (Lipinski definition) is 0. The van der Waals surface area contributed by atoms with Crippen LogP contribution in [-0.2, 0) is 0 Å². The summed E-state index contributed by atoms with van der Waals surface area (Å²) < 4.78 is 5.87. The van der Waals surface area contributed by atoms with Crippen LogP contribution in [0.25, 0.3) is 0 Å². The minimum absolute atomic E-state index is 0.00454. The molecule has 0 saturated carbocycles. The van der Waals surface area contributed by atoms with Gasteiger partial charge in [-0.25, -0.2) is 0 Å². The predicted molar refractivity (Wildman–Crippen MR) is 65.6 cm³/mol. The number of nitriles is 1. The molecule has 1 rings (SSSR count). The van der Waals surface area contributed by atoms with Gasteiger partial charge in [-0.05, 0) is 49.9 Å². The summed E-state index contributed by atoms with van der Waals surface area (Å²) in [7, 11) is 0. The molecule has 0 fully saturated rings. The fourth-order valence-corrected chi connectivity index (χ4v) is 1.67. The van der Waals surface area contributed by atoms with Crippen LogP contribution in [0.1, 0.15) is 36.5 Å². The number of hydrogen-bond acceptors (Lipinski definition) is 2. The summed E-state index contributed by atoms with van der Waals surface area (Å²) >= 11 is 0. The van der Waals surface area contributed by atoms with Gasteiger partial charge in [0.1, 0.15) is 11.9 Å². The maximum absolute atomic E-state index is 8.69. The van der Waals surface area contributed by atoms with Crippen LogP contribution in [0.15, 0.2) is 12.1 Å². The highest BCUT2D eigenvalue weighted by atomic mass is 16.5. The maximum atomic E-state index is 8.69. The van der Waals surface area contributed by atoms with Crippen molar-refractivity contribution in [1.29, 1.82) is 5.26 Å². The van der Waals surface area contributed by atoms with Gasteiger partial charge in [-0.1, -0.05) is 13.0 Å². The summed E-state index contributed by atoms with van der Waals surface area (Å²) in [6.45, 7) is 8.24. The molecule has 86 valence electrons. The molecule has 2 heteroatoms. The van der Waals surface area contributed by atoms with E-state index in [9.17, 15) is 0 Å². The molecule has 0 saturated heterocycles. The van der Waals surface area contributed by atoms with E-state index in [1.165, 1.54) is 16.7 Å². The third kappa shape index (κ3) is 3.00. The van der Waals surface area contributed by atoms with Crippen LogP contribution in [0.3, 0.4) is 0 Å². The monoisotopic (exact) mass is 217 g/mol. The molecule has 0 aliphatic carbocycles. The summed E-state index contributed by atoms with van der Waals surface area (Å²) in [5.41, 5.74) is 3.61. The van der Waals surface area contributed by atoms with Crippen molar-refractivity contribution in [3.05, 3.63) is 28.8 Å². The van der Waals surface area contributed by atoms with Gasteiger partial charge in [0.15, 0.2) is 0 Å². The summed E-state index contributed by atoms with van der Waals surface area (Å²) in [6, 6.07) is 6.35. The first-order valence-electron chi connectivity index (χ1n) is 5.70. The largest absolute Gasteiger partial charge is 0.489 e. The van der Waals surface area contributed by atoms with Crippen molar-refractivity contribution in [2.24, 2.45) is 0 Å². The number of aryl methyl sites for hydroxylation is 2. The maximum Gasteiger partial charge on any atom is 0.123 e. The van der Waals surface area contributed by atoms with Gasteiger partial charge in [-0.2, -0.15) is 5.26 Å². The normalized spacial score (nSPS) is 11.9. The second-order valence-electron chi connectivity index (χ2n) is 4.22. The molecule has 1 atom stereocenters. The fourth-order valence-electron chi connectivity index (χ4n) is 1.67. The standard InChI is InChI=1S/C14H19NO/c1-5-13(6-7-15)16-14-9-10(2)8-11(3)12(14)4/h8-9,13H,5-6H2,1-4H3. The Morgan fingerprint density at radius 2 is 2.00 bits per heavy atom. The molecule has 0 aliphatic heterocycles. The summed E-state index contributed by atoms with van der Waals surface area (Å²) in [5.74, 6) is 0.916. The minimum Gasteiger partial charge on any atom is -0.489 e. The van der Waals surface area contributed by atoms with Crippen molar-refractivity contribution in [3.8, 4) is 11.8 Å². The molecule has 1 aromatic rings. The Labute approximate surface area is 97.9 Å². The fraction of sp³-hybridized carbons (Fsp3) is 0.500. The van der Waals surface area contributed by atoms with Gasteiger partial charge in [0.25, 0.3) is 0 Å². The molecular formula is C14H19NO. The molecule has 0 spiro atoms. The van der Waals surface area contributed by atoms with Crippen molar-refractivity contribution < 1.29 is 4.74 Å². The summed E-state index contributed by atoms with van der Waals surface area (Å²) in [5, 5.41) is 8.69. The van der Waals surface area contributed by atoms with Crippen LogP contribution < -0.4 is 4.74 Å². The Bertz CT molecular complexity index is 404. The number of ether oxygens (including phenoxy) is 1. The molecule has 2 nitrogen and oxygen atoms in total. The minimum atomic E-state index is 0.00454. The lowest BCUT2D eigenvalue weighted by Crippen LogP contribution is -2.15. The third-order valence-corrected chi connectivity index (χ3v) is 2.83. The number of nitrogens with zero attached hydrogens (tertiary/aromatic N) is 1. The second-order valence-corrected chi connectivity index (χ2v) is 4.22. The van der Waals surface area contributed by atoms with E-state index >= 15 is 0 Å². The quantitative estimate of drug-likeness (QED) is 0.770. The van der Waals surface area contributed by atoms with Gasteiger partial charge in [-0.3, -0.25) is 0 Å². The smallest absolute Gasteiger partial charge is 0.123 e. The molecule has 16 heavy (non-hydrogen) atoms. The van der Waals surface area contributed by atoms with Crippen molar-refractivity contribution in [1.82, 2.24) is 0 Å². The van der Waals surface area contributed by atoms with Gasteiger partial charge in [0.2, 0.25) is 0 Å². The molecular weight excluding hydrogens is 198 g/mol. The lowest BCUT2D eigenvalue weighted by molar-refractivity contribution is 0.200. The van der Waals surface area contributed by atoms with E-state index < -0.39 is 0 Å². The average molecular weight is 217 g/mol. The lowest BCUT2D eigenvalue weighted by Gasteiger charge is -2.18. The molecule has 1 unspecified atom stereocenters. The lowest BCUT2D eigenvalue weighted by atomic mass is 10.1. The first-order chi connectivity index (χ1) is 7.58. The van der Waals surface area contributed by atoms with E-state index in [1.54, 1.807) is 0 Å². The van der Waals surface area contributed by atoms with Gasteiger partial charge >= 0.3 is 0 Å². The van der Waals surface area contributed by atoms with Crippen molar-refractivity contribution in [2.75, 3.05) is 0 Å². The highest BCUT2D eigenvalue weighted by Crippen LogP contribution is 2.25. The van der Waals surface area contributed by atoms with E-state index in [0.29, 0.717) is 6.42 Å². The van der Waals surface area contributed by atoms with E-state index in [0.717, 1.165) is 12.2 Å². The zero-order chi connectivity index (χ0) is 12.1. The molecule has 1 aromatic carbocycles. The Morgan fingerprint density at radius 3 is 2.56 bits per heavy atom. The van der Waals surface area contributed by atoms with Crippen molar-refractivity contribution in [3.63, 3.8) is 0 Å². The van der Waals surface area contributed by atoms with Gasteiger partial charge in [-0.15, -0.1) is 0 Å².